The van der Waals surface area contributed by atoms with Crippen molar-refractivity contribution in [3.63, 3.8) is 0 Å². The Hall–Kier alpha value is -18.0. The predicted octanol–water partition coefficient (Wildman–Crippen LogP) is 32.0. The number of para-hydroxylation sites is 4. The van der Waals surface area contributed by atoms with Gasteiger partial charge in [0.1, 0.15) is 44.7 Å². The Labute approximate surface area is 753 Å². The van der Waals surface area contributed by atoms with Gasteiger partial charge in [0.15, 0.2) is 34.9 Å². The highest BCUT2D eigenvalue weighted by atomic mass is 16.3. The lowest BCUT2D eigenvalue weighted by Gasteiger charge is -2.15. The molecule has 0 saturated carbocycles. The van der Waals surface area contributed by atoms with E-state index in [-0.39, 0.29) is 0 Å². The van der Waals surface area contributed by atoms with Crippen LogP contribution in [0.15, 0.2) is 442 Å². The fourth-order valence-corrected chi connectivity index (χ4v) is 19.9. The Kier molecular flexibility index (Phi) is 16.8. The third-order valence-corrected chi connectivity index (χ3v) is 26.3. The first-order chi connectivity index (χ1) is 65.3. The zero-order chi connectivity index (χ0) is 86.6. The maximum Gasteiger partial charge on any atom is 0.164 e. The van der Waals surface area contributed by atoms with Crippen molar-refractivity contribution in [1.82, 2.24) is 39.0 Å². The lowest BCUT2D eigenvalue weighted by atomic mass is 9.93. The fourth-order valence-electron chi connectivity index (χ4n) is 19.9. The van der Waals surface area contributed by atoms with E-state index in [2.05, 4.69) is 276 Å². The van der Waals surface area contributed by atoms with E-state index in [1.165, 1.54) is 43.1 Å². The summed E-state index contributed by atoms with van der Waals surface area (Å²) in [6.45, 7) is 0. The van der Waals surface area contributed by atoms with Crippen molar-refractivity contribution in [3.8, 4) is 113 Å². The Morgan fingerprint density at radius 3 is 0.803 bits per heavy atom. The van der Waals surface area contributed by atoms with Crippen LogP contribution in [-0.2, 0) is 0 Å². The molecule has 12 nitrogen and oxygen atoms in total. The van der Waals surface area contributed by atoms with Gasteiger partial charge >= 0.3 is 0 Å². The summed E-state index contributed by atoms with van der Waals surface area (Å²) in [7, 11) is 0. The van der Waals surface area contributed by atoms with Crippen molar-refractivity contribution >= 4 is 164 Å². The second kappa shape index (κ2) is 29.8. The van der Waals surface area contributed by atoms with Gasteiger partial charge in [0.25, 0.3) is 0 Å². The molecule has 0 saturated heterocycles. The molecule has 0 unspecified atom stereocenters. The van der Waals surface area contributed by atoms with Crippen LogP contribution in [0.3, 0.4) is 0 Å². The van der Waals surface area contributed by atoms with Gasteiger partial charge in [-0.1, -0.05) is 297 Å². The lowest BCUT2D eigenvalue weighted by molar-refractivity contribution is 0.664. The van der Waals surface area contributed by atoms with Gasteiger partial charge in [0.2, 0.25) is 0 Å². The monoisotopic (exact) mass is 1690 g/mol. The summed E-state index contributed by atoms with van der Waals surface area (Å²) in [6.07, 6.45) is 0. The SMILES string of the molecule is c1ccc(-c2nc(-c3ccccc3)nc(-c3ccc(-c4ccc(-n5c6ccccc6c6cc(-c7ccc8oc9cc%10c(cc9c8c7)oc7ccccc7%10)ccc65)cc4)cc3)n2)cc1.c1ccc(-c2nc(-c3ccccc3)nc(-c3ccc4c5ccccc5c5ccc(-n6c7ccccc7c7cc(-c8ccc9oc%10cc%11c(cc%10c9c8)oc8ccccc8%11)ccc76)cc5c4c3)n2)cc1. The summed E-state index contributed by atoms with van der Waals surface area (Å²) in [4.78, 5) is 29.9. The summed E-state index contributed by atoms with van der Waals surface area (Å²) in [5.74, 6) is 3.84. The topological polar surface area (TPSA) is 140 Å². The van der Waals surface area contributed by atoms with E-state index < -0.39 is 0 Å². The van der Waals surface area contributed by atoms with Crippen LogP contribution in [0, 0.1) is 0 Å². The van der Waals surface area contributed by atoms with Crippen molar-refractivity contribution in [2.45, 2.75) is 0 Å². The number of benzene rings is 20. The average Bonchev–Trinajstić information content (AvgIpc) is 1.65. The summed E-state index contributed by atoms with van der Waals surface area (Å²) in [5.41, 5.74) is 26.1. The van der Waals surface area contributed by atoms with Crippen LogP contribution in [0.2, 0.25) is 0 Å². The number of nitrogens with zero attached hydrogens (tertiary/aromatic N) is 8. The Bertz CT molecular complexity index is 9480. The van der Waals surface area contributed by atoms with Crippen molar-refractivity contribution in [1.29, 1.82) is 0 Å². The fraction of sp³-hybridized carbons (Fsp3) is 0. The van der Waals surface area contributed by atoms with Crippen LogP contribution in [0.4, 0.5) is 0 Å². The number of rotatable bonds is 11. The van der Waals surface area contributed by atoms with Gasteiger partial charge < -0.3 is 26.8 Å². The molecule has 0 bridgehead atoms. The molecule has 614 valence electrons. The zero-order valence-corrected chi connectivity index (χ0v) is 70.6. The molecule has 0 atom stereocenters. The highest BCUT2D eigenvalue weighted by Gasteiger charge is 2.24. The molecule has 20 aromatic carbocycles. The minimum Gasteiger partial charge on any atom is -0.456 e. The summed E-state index contributed by atoms with van der Waals surface area (Å²) in [5, 5.41) is 20.4. The number of fused-ring (bicyclic) bond motifs is 24. The standard InChI is InChI=1S/C63H36N4O2.C57H34N4O2/c1-3-13-37(14-4-1)61-64-62(38-15-5-2-6-16-38)66-63(65-61)41-23-27-45-43-17-7-8-18-44(43)46-28-26-42(34-50(46)49(45)33-41)67-55-21-11-9-19-47(55)51-31-39(24-29-56(51)67)40-25-30-58-52(32-40)54-36-59-53(35-60(54)69-58)48-20-10-12-22-57(48)68-59;1-3-11-37(12-4-1)55-58-56(38-13-5-2-6-14-38)60-57(59-55)39-21-19-35(20-22-39)36-23-27-42(28-24-36)61-49-17-9-7-15-43(49)45-31-40(25-29-50(45)61)41-26-30-52-46(32-41)48-34-53-47(33-54(48)63-52)44-16-8-10-18-51(44)62-53/h1-36H;1-34H. The van der Waals surface area contributed by atoms with Crippen LogP contribution < -0.4 is 0 Å². The Balaban J connectivity index is 0.000000136. The van der Waals surface area contributed by atoms with Gasteiger partial charge in [-0.05, 0) is 193 Å². The average molecular weight is 1690 g/mol. The summed E-state index contributed by atoms with van der Waals surface area (Å²) < 4.78 is 30.2. The molecule has 0 radical (unpaired) electrons. The maximum atomic E-state index is 6.45. The molecule has 28 aromatic rings. The molecule has 0 spiro atoms. The highest BCUT2D eigenvalue weighted by Crippen LogP contribution is 2.46. The molecular weight excluding hydrogens is 1620 g/mol. The molecule has 132 heavy (non-hydrogen) atoms. The predicted molar refractivity (Wildman–Crippen MR) is 539 cm³/mol. The molecular formula is C120H70N8O4. The zero-order valence-electron chi connectivity index (χ0n) is 70.6. The van der Waals surface area contributed by atoms with E-state index >= 15 is 0 Å². The Morgan fingerprint density at radius 2 is 0.379 bits per heavy atom. The molecule has 0 amide bonds. The second-order valence-electron chi connectivity index (χ2n) is 33.9. The molecule has 0 aliphatic carbocycles. The van der Waals surface area contributed by atoms with Crippen LogP contribution in [0.1, 0.15) is 0 Å². The first-order valence-corrected chi connectivity index (χ1v) is 44.3. The van der Waals surface area contributed by atoms with E-state index in [0.717, 1.165) is 199 Å². The molecule has 0 aliphatic rings. The number of hydrogen-bond donors (Lipinski definition) is 0. The van der Waals surface area contributed by atoms with Gasteiger partial charge in [0.05, 0.1) is 22.1 Å². The third kappa shape index (κ3) is 12.3. The van der Waals surface area contributed by atoms with Gasteiger partial charge in [-0.2, -0.15) is 0 Å². The lowest BCUT2D eigenvalue weighted by Crippen LogP contribution is -2.00. The van der Waals surface area contributed by atoms with Crippen molar-refractivity contribution in [3.05, 3.63) is 425 Å². The molecule has 8 aromatic heterocycles. The Morgan fingerprint density at radius 1 is 0.129 bits per heavy atom. The van der Waals surface area contributed by atoms with Crippen LogP contribution in [0.5, 0.6) is 0 Å². The van der Waals surface area contributed by atoms with E-state index in [9.17, 15) is 0 Å². The number of furan rings is 4. The quantitative estimate of drug-likeness (QED) is 0.115. The van der Waals surface area contributed by atoms with E-state index in [0.29, 0.717) is 34.9 Å². The molecule has 28 rings (SSSR count). The maximum absolute atomic E-state index is 6.45. The number of aromatic nitrogens is 8. The van der Waals surface area contributed by atoms with Crippen molar-refractivity contribution < 1.29 is 17.7 Å². The van der Waals surface area contributed by atoms with E-state index in [4.69, 9.17) is 47.6 Å². The van der Waals surface area contributed by atoms with Gasteiger partial charge in [0, 0.05) is 109 Å². The van der Waals surface area contributed by atoms with Crippen LogP contribution in [0.25, 0.3) is 277 Å². The first kappa shape index (κ1) is 74.3. The van der Waals surface area contributed by atoms with Gasteiger partial charge in [-0.3, -0.25) is 0 Å². The van der Waals surface area contributed by atoms with Crippen LogP contribution in [-0.4, -0.2) is 39.0 Å². The normalized spacial score (nSPS) is 11.9. The van der Waals surface area contributed by atoms with Crippen LogP contribution >= 0.6 is 0 Å². The molecule has 8 heterocycles. The smallest absolute Gasteiger partial charge is 0.164 e. The van der Waals surface area contributed by atoms with E-state index in [1.807, 2.05) is 158 Å². The minimum absolute atomic E-state index is 0.629. The highest BCUT2D eigenvalue weighted by molar-refractivity contribution is 6.27. The molecule has 12 heteroatoms. The van der Waals surface area contributed by atoms with Crippen molar-refractivity contribution in [2.75, 3.05) is 0 Å². The second-order valence-corrected chi connectivity index (χ2v) is 33.9. The summed E-state index contributed by atoms with van der Waals surface area (Å²) >= 11 is 0. The number of hydrogen-bond acceptors (Lipinski definition) is 10. The van der Waals surface area contributed by atoms with Crippen molar-refractivity contribution in [2.24, 2.45) is 0 Å². The third-order valence-electron chi connectivity index (χ3n) is 26.3. The van der Waals surface area contributed by atoms with E-state index in [1.54, 1.807) is 0 Å². The van der Waals surface area contributed by atoms with Gasteiger partial charge in [-0.15, -0.1) is 0 Å². The molecule has 0 fully saturated rings. The summed E-state index contributed by atoms with van der Waals surface area (Å²) in [6, 6.07) is 149. The molecule has 0 N–H and O–H groups in total. The first-order valence-electron chi connectivity index (χ1n) is 44.3. The minimum atomic E-state index is 0.629. The van der Waals surface area contributed by atoms with Gasteiger partial charge in [-0.25, -0.2) is 29.9 Å². The largest absolute Gasteiger partial charge is 0.456 e. The molecule has 0 aliphatic heterocycles.